The van der Waals surface area contributed by atoms with E-state index in [0.717, 1.165) is 25.4 Å². The summed E-state index contributed by atoms with van der Waals surface area (Å²) in [5.74, 6) is 0.673. The van der Waals surface area contributed by atoms with Crippen LogP contribution in [0.2, 0.25) is 0 Å². The first-order valence-corrected chi connectivity index (χ1v) is 4.60. The third-order valence-corrected chi connectivity index (χ3v) is 2.25. The minimum Gasteiger partial charge on any atom is -0.451 e. The van der Waals surface area contributed by atoms with Crippen LogP contribution in [-0.2, 0) is 11.3 Å². The van der Waals surface area contributed by atoms with E-state index in [0.29, 0.717) is 12.5 Å². The highest BCUT2D eigenvalue weighted by Gasteiger charge is 2.14. The van der Waals surface area contributed by atoms with Gasteiger partial charge >= 0.3 is 0 Å². The molecular weight excluding hydrogens is 168 g/mol. The van der Waals surface area contributed by atoms with Gasteiger partial charge in [-0.1, -0.05) is 0 Å². The van der Waals surface area contributed by atoms with Crippen LogP contribution in [0.15, 0.2) is 17.1 Å². The summed E-state index contributed by atoms with van der Waals surface area (Å²) in [4.78, 5) is 3.97. The summed E-state index contributed by atoms with van der Waals surface area (Å²) in [5, 5.41) is 3.30. The molecule has 1 fully saturated rings. The zero-order valence-electron chi connectivity index (χ0n) is 7.53. The van der Waals surface area contributed by atoms with Crippen LogP contribution >= 0.6 is 0 Å². The Kier molecular flexibility index (Phi) is 2.94. The van der Waals surface area contributed by atoms with Crippen LogP contribution in [0.3, 0.4) is 0 Å². The third kappa shape index (κ3) is 2.54. The van der Waals surface area contributed by atoms with Crippen LogP contribution in [0, 0.1) is 5.92 Å². The first-order chi connectivity index (χ1) is 6.45. The molecule has 1 aliphatic heterocycles. The van der Waals surface area contributed by atoms with E-state index in [-0.39, 0.29) is 0 Å². The fourth-order valence-corrected chi connectivity index (χ4v) is 1.50. The third-order valence-electron chi connectivity index (χ3n) is 2.25. The number of rotatable bonds is 4. The zero-order valence-corrected chi connectivity index (χ0v) is 7.53. The first kappa shape index (κ1) is 8.72. The molecule has 1 atom stereocenters. The molecule has 0 radical (unpaired) electrons. The van der Waals surface area contributed by atoms with E-state index in [2.05, 4.69) is 10.3 Å². The smallest absolute Gasteiger partial charge is 0.180 e. The fraction of sp³-hybridized carbons (Fsp3) is 0.667. The maximum Gasteiger partial charge on any atom is 0.180 e. The van der Waals surface area contributed by atoms with Crippen molar-refractivity contribution in [3.8, 4) is 0 Å². The topological polar surface area (TPSA) is 47.3 Å². The lowest BCUT2D eigenvalue weighted by atomic mass is 10.1. The van der Waals surface area contributed by atoms with Gasteiger partial charge in [-0.15, -0.1) is 0 Å². The van der Waals surface area contributed by atoms with Gasteiger partial charge < -0.3 is 14.5 Å². The van der Waals surface area contributed by atoms with E-state index in [1.54, 1.807) is 6.26 Å². The lowest BCUT2D eigenvalue weighted by molar-refractivity contribution is 0.0902. The summed E-state index contributed by atoms with van der Waals surface area (Å²) in [6.07, 6.45) is 4.27. The van der Waals surface area contributed by atoms with Gasteiger partial charge in [-0.2, -0.15) is 0 Å². The Hall–Kier alpha value is -0.870. The lowest BCUT2D eigenvalue weighted by Crippen LogP contribution is -2.13. The number of hydrogen-bond acceptors (Lipinski definition) is 4. The molecule has 1 aromatic heterocycles. The van der Waals surface area contributed by atoms with Crippen LogP contribution in [0.4, 0.5) is 0 Å². The fourth-order valence-electron chi connectivity index (χ4n) is 1.50. The lowest BCUT2D eigenvalue weighted by Gasteiger charge is -2.07. The number of nitrogens with one attached hydrogen (secondary N) is 1. The molecule has 4 nitrogen and oxygen atoms in total. The molecule has 1 unspecified atom stereocenters. The van der Waals surface area contributed by atoms with Gasteiger partial charge in [0, 0.05) is 6.54 Å². The molecule has 1 aromatic rings. The van der Waals surface area contributed by atoms with Gasteiger partial charge in [0.15, 0.2) is 6.39 Å². The maximum absolute atomic E-state index is 5.50. The van der Waals surface area contributed by atoms with Gasteiger partial charge in [0.2, 0.25) is 0 Å². The molecule has 72 valence electrons. The predicted octanol–water partition coefficient (Wildman–Crippen LogP) is 0.801. The number of hydrogen-bond donors (Lipinski definition) is 1. The van der Waals surface area contributed by atoms with E-state index in [9.17, 15) is 0 Å². The van der Waals surface area contributed by atoms with Crippen LogP contribution < -0.4 is 5.32 Å². The zero-order chi connectivity index (χ0) is 8.93. The number of ether oxygens (including phenoxy) is 1. The van der Waals surface area contributed by atoms with Crippen LogP contribution in [0.1, 0.15) is 12.1 Å². The first-order valence-electron chi connectivity index (χ1n) is 4.60. The van der Waals surface area contributed by atoms with Crippen LogP contribution in [0.5, 0.6) is 0 Å². The van der Waals surface area contributed by atoms with Gasteiger partial charge in [0.05, 0.1) is 13.2 Å². The highest BCUT2D eigenvalue weighted by molar-refractivity contribution is 4.87. The summed E-state index contributed by atoms with van der Waals surface area (Å²) in [6.45, 7) is 3.59. The minimum atomic E-state index is 0.562. The molecule has 1 saturated heterocycles. The highest BCUT2D eigenvalue weighted by atomic mass is 16.5. The Morgan fingerprint density at radius 2 is 2.69 bits per heavy atom. The summed E-state index contributed by atoms with van der Waals surface area (Å²) in [7, 11) is 0. The van der Waals surface area contributed by atoms with Gasteiger partial charge in [0.1, 0.15) is 12.0 Å². The molecule has 1 aliphatic rings. The Bertz CT molecular complexity index is 230. The maximum atomic E-state index is 5.50. The summed E-state index contributed by atoms with van der Waals surface area (Å²) < 4.78 is 10.3. The molecule has 4 heteroatoms. The molecule has 2 heterocycles. The molecule has 0 aliphatic carbocycles. The van der Waals surface area contributed by atoms with Crippen molar-refractivity contribution in [2.45, 2.75) is 13.0 Å². The normalized spacial score (nSPS) is 22.3. The molecule has 0 spiro atoms. The molecule has 0 bridgehead atoms. The van der Waals surface area contributed by atoms with Gasteiger partial charge in [-0.3, -0.25) is 0 Å². The standard InChI is InChI=1S/C9H14N2O2/c1-2-10-3-8(1)4-12-5-9-6-13-7-11-9/h6-8,10H,1-5H2. The van der Waals surface area contributed by atoms with E-state index in [4.69, 9.17) is 9.15 Å². The number of aromatic nitrogens is 1. The molecule has 0 aromatic carbocycles. The van der Waals surface area contributed by atoms with E-state index < -0.39 is 0 Å². The average Bonchev–Trinajstić information content (AvgIpc) is 2.75. The van der Waals surface area contributed by atoms with Crippen LogP contribution in [-0.4, -0.2) is 24.7 Å². The van der Waals surface area contributed by atoms with Crippen molar-refractivity contribution >= 4 is 0 Å². The summed E-state index contributed by atoms with van der Waals surface area (Å²) >= 11 is 0. The molecule has 2 rings (SSSR count). The second-order valence-electron chi connectivity index (χ2n) is 3.35. The van der Waals surface area contributed by atoms with E-state index in [1.807, 2.05) is 0 Å². The molecule has 0 amide bonds. The van der Waals surface area contributed by atoms with Crippen molar-refractivity contribution in [3.05, 3.63) is 18.4 Å². The van der Waals surface area contributed by atoms with Crippen molar-refractivity contribution in [1.82, 2.24) is 10.3 Å². The van der Waals surface area contributed by atoms with Crippen molar-refractivity contribution in [1.29, 1.82) is 0 Å². The second kappa shape index (κ2) is 4.39. The van der Waals surface area contributed by atoms with Crippen molar-refractivity contribution in [2.75, 3.05) is 19.7 Å². The number of oxazole rings is 1. The van der Waals surface area contributed by atoms with E-state index in [1.165, 1.54) is 12.8 Å². The van der Waals surface area contributed by atoms with Gasteiger partial charge in [-0.25, -0.2) is 4.98 Å². The SMILES string of the molecule is c1nc(COCC2CCNC2)co1. The van der Waals surface area contributed by atoms with Gasteiger partial charge in [0.25, 0.3) is 0 Å². The minimum absolute atomic E-state index is 0.562. The molecular formula is C9H14N2O2. The number of nitrogens with zero attached hydrogens (tertiary/aromatic N) is 1. The van der Waals surface area contributed by atoms with E-state index >= 15 is 0 Å². The Morgan fingerprint density at radius 1 is 1.69 bits per heavy atom. The van der Waals surface area contributed by atoms with Crippen molar-refractivity contribution < 1.29 is 9.15 Å². The molecule has 1 N–H and O–H groups in total. The van der Waals surface area contributed by atoms with Crippen LogP contribution in [0.25, 0.3) is 0 Å². The van der Waals surface area contributed by atoms with Crippen molar-refractivity contribution in [2.24, 2.45) is 5.92 Å². The Balaban J connectivity index is 1.63. The Labute approximate surface area is 77.3 Å². The highest BCUT2D eigenvalue weighted by Crippen LogP contribution is 2.08. The van der Waals surface area contributed by atoms with Crippen molar-refractivity contribution in [3.63, 3.8) is 0 Å². The largest absolute Gasteiger partial charge is 0.451 e. The molecule has 0 saturated carbocycles. The summed E-state index contributed by atoms with van der Waals surface area (Å²) in [6, 6.07) is 0. The average molecular weight is 182 g/mol. The molecule has 13 heavy (non-hydrogen) atoms. The van der Waals surface area contributed by atoms with Gasteiger partial charge in [-0.05, 0) is 18.9 Å². The summed E-state index contributed by atoms with van der Waals surface area (Å²) in [5.41, 5.74) is 0.867. The predicted molar refractivity (Wildman–Crippen MR) is 47.1 cm³/mol. The quantitative estimate of drug-likeness (QED) is 0.748. The second-order valence-corrected chi connectivity index (χ2v) is 3.35. The monoisotopic (exact) mass is 182 g/mol. The Morgan fingerprint density at radius 3 is 3.38 bits per heavy atom.